The van der Waals surface area contributed by atoms with Crippen molar-refractivity contribution < 1.29 is 9.53 Å². The fourth-order valence-electron chi connectivity index (χ4n) is 2.59. The SMILES string of the molecule is CC1(C)CN(C(=O)CCOc2ccc(Cl)cc2Br)CCC1N. The summed E-state index contributed by atoms with van der Waals surface area (Å²) in [5, 5.41) is 0.641. The maximum absolute atomic E-state index is 12.3. The first-order chi connectivity index (χ1) is 10.3. The smallest absolute Gasteiger partial charge is 0.226 e. The van der Waals surface area contributed by atoms with Gasteiger partial charge in [-0.05, 0) is 46.0 Å². The van der Waals surface area contributed by atoms with Gasteiger partial charge in [0.1, 0.15) is 5.75 Å². The maximum atomic E-state index is 12.3. The van der Waals surface area contributed by atoms with Crippen LogP contribution < -0.4 is 10.5 Å². The van der Waals surface area contributed by atoms with Crippen molar-refractivity contribution in [1.82, 2.24) is 4.90 Å². The quantitative estimate of drug-likeness (QED) is 0.858. The molecule has 1 aliphatic heterocycles. The van der Waals surface area contributed by atoms with E-state index in [0.717, 1.165) is 17.4 Å². The number of nitrogens with zero attached hydrogens (tertiary/aromatic N) is 1. The van der Waals surface area contributed by atoms with Gasteiger partial charge in [0.25, 0.3) is 0 Å². The summed E-state index contributed by atoms with van der Waals surface area (Å²) in [6.07, 6.45) is 1.21. The Balaban J connectivity index is 1.83. The molecule has 0 aliphatic carbocycles. The van der Waals surface area contributed by atoms with Gasteiger partial charge in [-0.1, -0.05) is 25.4 Å². The predicted octanol–water partition coefficient (Wildman–Crippen LogP) is 3.46. The Morgan fingerprint density at radius 1 is 1.55 bits per heavy atom. The first-order valence-corrected chi connectivity index (χ1v) is 8.58. The van der Waals surface area contributed by atoms with E-state index < -0.39 is 0 Å². The molecule has 0 radical (unpaired) electrons. The van der Waals surface area contributed by atoms with E-state index in [2.05, 4.69) is 29.8 Å². The molecule has 122 valence electrons. The largest absolute Gasteiger partial charge is 0.492 e. The van der Waals surface area contributed by atoms with Crippen LogP contribution in [0.25, 0.3) is 0 Å². The Bertz CT molecular complexity index is 551. The highest BCUT2D eigenvalue weighted by Crippen LogP contribution is 2.29. The number of likely N-dealkylation sites (tertiary alicyclic amines) is 1. The van der Waals surface area contributed by atoms with Crippen LogP contribution in [0.2, 0.25) is 5.02 Å². The van der Waals surface area contributed by atoms with Crippen molar-refractivity contribution in [3.8, 4) is 5.75 Å². The molecule has 1 atom stereocenters. The molecule has 1 saturated heterocycles. The van der Waals surface area contributed by atoms with Gasteiger partial charge in [-0.25, -0.2) is 0 Å². The lowest BCUT2D eigenvalue weighted by Gasteiger charge is -2.42. The molecular formula is C16H22BrClN2O2. The summed E-state index contributed by atoms with van der Waals surface area (Å²) in [6, 6.07) is 5.48. The van der Waals surface area contributed by atoms with Crippen LogP contribution >= 0.6 is 27.5 Å². The number of amides is 1. The van der Waals surface area contributed by atoms with E-state index in [-0.39, 0.29) is 17.4 Å². The average Bonchev–Trinajstić information content (AvgIpc) is 2.44. The van der Waals surface area contributed by atoms with Crippen molar-refractivity contribution in [3.05, 3.63) is 27.7 Å². The number of benzene rings is 1. The Morgan fingerprint density at radius 2 is 2.27 bits per heavy atom. The molecule has 0 bridgehead atoms. The van der Waals surface area contributed by atoms with Crippen LogP contribution in [-0.4, -0.2) is 36.5 Å². The van der Waals surface area contributed by atoms with Gasteiger partial charge in [-0.3, -0.25) is 4.79 Å². The molecule has 4 nitrogen and oxygen atoms in total. The Labute approximate surface area is 145 Å². The minimum Gasteiger partial charge on any atom is -0.492 e. The van der Waals surface area contributed by atoms with Crippen LogP contribution in [0.5, 0.6) is 5.75 Å². The summed E-state index contributed by atoms with van der Waals surface area (Å²) >= 11 is 9.28. The summed E-state index contributed by atoms with van der Waals surface area (Å²) in [4.78, 5) is 14.2. The van der Waals surface area contributed by atoms with Gasteiger partial charge >= 0.3 is 0 Å². The lowest BCUT2D eigenvalue weighted by molar-refractivity contribution is -0.135. The standard InChI is InChI=1S/C16H22BrClN2O2/c1-16(2)10-20(7-5-14(16)19)15(21)6-8-22-13-4-3-11(18)9-12(13)17/h3-4,9,14H,5-8,10,19H2,1-2H3. The molecular weight excluding hydrogens is 368 g/mol. The Hall–Kier alpha value is -0.780. The summed E-state index contributed by atoms with van der Waals surface area (Å²) in [5.41, 5.74) is 6.07. The Kier molecular flexibility index (Phi) is 5.75. The normalized spacial score (nSPS) is 20.8. The number of nitrogens with two attached hydrogens (primary N) is 1. The fourth-order valence-corrected chi connectivity index (χ4v) is 3.38. The van der Waals surface area contributed by atoms with Crippen molar-refractivity contribution in [1.29, 1.82) is 0 Å². The van der Waals surface area contributed by atoms with Crippen LogP contribution in [0.1, 0.15) is 26.7 Å². The molecule has 1 aromatic carbocycles. The summed E-state index contributed by atoms with van der Waals surface area (Å²) in [6.45, 7) is 6.00. The summed E-state index contributed by atoms with van der Waals surface area (Å²) in [5.74, 6) is 0.809. The second kappa shape index (κ2) is 7.20. The molecule has 2 rings (SSSR count). The second-order valence-corrected chi connectivity index (χ2v) is 7.66. The number of halogens is 2. The number of carbonyl (C=O) groups excluding carboxylic acids is 1. The van der Waals surface area contributed by atoms with Gasteiger partial charge in [-0.2, -0.15) is 0 Å². The molecule has 6 heteroatoms. The van der Waals surface area contributed by atoms with Gasteiger partial charge in [0, 0.05) is 24.2 Å². The van der Waals surface area contributed by atoms with E-state index in [9.17, 15) is 4.79 Å². The monoisotopic (exact) mass is 388 g/mol. The number of hydrogen-bond acceptors (Lipinski definition) is 3. The molecule has 1 heterocycles. The van der Waals surface area contributed by atoms with Crippen LogP contribution in [0.4, 0.5) is 0 Å². The zero-order valence-corrected chi connectivity index (χ0v) is 15.3. The highest BCUT2D eigenvalue weighted by Gasteiger charge is 2.35. The number of hydrogen-bond donors (Lipinski definition) is 1. The van der Waals surface area contributed by atoms with Crippen LogP contribution in [0, 0.1) is 5.41 Å². The van der Waals surface area contributed by atoms with Crippen LogP contribution in [0.15, 0.2) is 22.7 Å². The lowest BCUT2D eigenvalue weighted by Crippen LogP contribution is -2.54. The summed E-state index contributed by atoms with van der Waals surface area (Å²) in [7, 11) is 0. The second-order valence-electron chi connectivity index (χ2n) is 6.37. The average molecular weight is 390 g/mol. The molecule has 0 spiro atoms. The van der Waals surface area contributed by atoms with Gasteiger partial charge in [0.05, 0.1) is 17.5 Å². The number of carbonyl (C=O) groups is 1. The van der Waals surface area contributed by atoms with Crippen molar-refractivity contribution >= 4 is 33.4 Å². The predicted molar refractivity (Wildman–Crippen MR) is 92.2 cm³/mol. The van der Waals surface area contributed by atoms with Crippen molar-refractivity contribution in [2.24, 2.45) is 11.1 Å². The topological polar surface area (TPSA) is 55.6 Å². The number of piperidine rings is 1. The highest BCUT2D eigenvalue weighted by molar-refractivity contribution is 9.10. The van der Waals surface area contributed by atoms with E-state index >= 15 is 0 Å². The van der Waals surface area contributed by atoms with E-state index in [1.807, 2.05) is 4.90 Å². The molecule has 22 heavy (non-hydrogen) atoms. The van der Waals surface area contributed by atoms with Crippen LogP contribution in [0.3, 0.4) is 0 Å². The van der Waals surface area contributed by atoms with E-state index in [1.165, 1.54) is 0 Å². The number of rotatable bonds is 4. The van der Waals surface area contributed by atoms with E-state index in [0.29, 0.717) is 30.3 Å². The fraction of sp³-hybridized carbons (Fsp3) is 0.562. The van der Waals surface area contributed by atoms with Crippen molar-refractivity contribution in [3.63, 3.8) is 0 Å². The van der Waals surface area contributed by atoms with Gasteiger partial charge < -0.3 is 15.4 Å². The van der Waals surface area contributed by atoms with E-state index in [4.69, 9.17) is 22.1 Å². The van der Waals surface area contributed by atoms with Crippen LogP contribution in [-0.2, 0) is 4.79 Å². The van der Waals surface area contributed by atoms with E-state index in [1.54, 1.807) is 18.2 Å². The van der Waals surface area contributed by atoms with Gasteiger partial charge in [0.2, 0.25) is 5.91 Å². The lowest BCUT2D eigenvalue weighted by atomic mass is 9.79. The highest BCUT2D eigenvalue weighted by atomic mass is 79.9. The molecule has 0 saturated carbocycles. The third-order valence-corrected chi connectivity index (χ3v) is 4.99. The first-order valence-electron chi connectivity index (χ1n) is 7.41. The third-order valence-electron chi connectivity index (χ3n) is 4.13. The van der Waals surface area contributed by atoms with Crippen molar-refractivity contribution in [2.75, 3.05) is 19.7 Å². The molecule has 1 amide bonds. The van der Waals surface area contributed by atoms with Gasteiger partial charge in [0.15, 0.2) is 0 Å². The molecule has 1 aliphatic rings. The molecule has 0 aromatic heterocycles. The molecule has 1 fully saturated rings. The molecule has 1 unspecified atom stereocenters. The van der Waals surface area contributed by atoms with Gasteiger partial charge in [-0.15, -0.1) is 0 Å². The summed E-state index contributed by atoms with van der Waals surface area (Å²) < 4.78 is 6.44. The minimum atomic E-state index is -0.0338. The third kappa shape index (κ3) is 4.37. The van der Waals surface area contributed by atoms with Crippen molar-refractivity contribution in [2.45, 2.75) is 32.7 Å². The first kappa shape index (κ1) is 17.6. The zero-order chi connectivity index (χ0) is 16.3. The molecule has 1 aromatic rings. The Morgan fingerprint density at radius 3 is 2.91 bits per heavy atom. The zero-order valence-electron chi connectivity index (χ0n) is 12.9. The molecule has 2 N–H and O–H groups in total. The minimum absolute atomic E-state index is 0.0338. The maximum Gasteiger partial charge on any atom is 0.226 e. The number of ether oxygens (including phenoxy) is 1.